The lowest BCUT2D eigenvalue weighted by atomic mass is 10.0. The van der Waals surface area contributed by atoms with Gasteiger partial charge in [0.1, 0.15) is 5.01 Å². The zero-order valence-corrected chi connectivity index (χ0v) is 21.2. The summed E-state index contributed by atoms with van der Waals surface area (Å²) in [4.78, 5) is 17.9. The molecule has 182 valence electrons. The van der Waals surface area contributed by atoms with Crippen molar-refractivity contribution in [2.45, 2.75) is 63.4 Å². The summed E-state index contributed by atoms with van der Waals surface area (Å²) in [5.41, 5.74) is 3.16. The van der Waals surface area contributed by atoms with Crippen LogP contribution in [0, 0.1) is 6.92 Å². The van der Waals surface area contributed by atoms with Crippen molar-refractivity contribution in [3.63, 3.8) is 0 Å². The summed E-state index contributed by atoms with van der Waals surface area (Å²) in [6, 6.07) is 11.3. The maximum atomic E-state index is 12.9. The van der Waals surface area contributed by atoms with Gasteiger partial charge in [-0.05, 0) is 54.7 Å². The topological polar surface area (TPSA) is 50.2 Å². The molecule has 3 rings (SSSR count). The molecular weight excluding hydrogens is 479 g/mol. The number of carboxylic acids is 1. The van der Waals surface area contributed by atoms with Crippen LogP contribution in [0.15, 0.2) is 47.4 Å². The number of aromatic nitrogens is 1. The average Bonchev–Trinajstić information content (AvgIpc) is 3.22. The largest absolute Gasteiger partial charge is 0.481 e. The Hall–Kier alpha value is -2.32. The van der Waals surface area contributed by atoms with E-state index in [2.05, 4.69) is 26.8 Å². The van der Waals surface area contributed by atoms with Gasteiger partial charge < -0.3 is 5.11 Å². The van der Waals surface area contributed by atoms with E-state index in [9.17, 15) is 18.0 Å². The standard InChI is InChI=1S/C26H28F3NO2S2/c1-15(2)23-24(34-25(30-23)19-5-9-20(10-6-19)26(27,28)29)17(4)14-33-21-11-7-18(16(3)13-21)8-12-22(31)32/h5-7,9-11,13,15,17H,8,12,14H2,1-4H3,(H,31,32). The van der Waals surface area contributed by atoms with E-state index in [1.807, 2.05) is 19.1 Å². The second-order valence-electron chi connectivity index (χ2n) is 8.69. The molecule has 2 aromatic carbocycles. The van der Waals surface area contributed by atoms with Crippen LogP contribution in [0.5, 0.6) is 0 Å². The lowest BCUT2D eigenvalue weighted by Gasteiger charge is -2.14. The van der Waals surface area contributed by atoms with E-state index < -0.39 is 17.7 Å². The molecular formula is C26H28F3NO2S2. The number of rotatable bonds is 9. The SMILES string of the molecule is Cc1cc(SCC(C)c2sc(-c3ccc(C(F)(F)F)cc3)nc2C(C)C)ccc1CCC(=O)O. The number of thiazole rings is 1. The van der Waals surface area contributed by atoms with Crippen molar-refractivity contribution in [3.8, 4) is 10.6 Å². The summed E-state index contributed by atoms with van der Waals surface area (Å²) in [6.07, 6.45) is -3.71. The molecule has 1 atom stereocenters. The molecule has 0 aliphatic rings. The van der Waals surface area contributed by atoms with Crippen LogP contribution >= 0.6 is 23.1 Å². The van der Waals surface area contributed by atoms with Crippen molar-refractivity contribution in [1.29, 1.82) is 0 Å². The Kier molecular flexibility index (Phi) is 8.47. The number of alkyl halides is 3. The molecule has 8 heteroatoms. The lowest BCUT2D eigenvalue weighted by molar-refractivity contribution is -0.138. The highest BCUT2D eigenvalue weighted by Crippen LogP contribution is 2.39. The molecule has 0 bridgehead atoms. The van der Waals surface area contributed by atoms with Crippen LogP contribution in [0.2, 0.25) is 0 Å². The van der Waals surface area contributed by atoms with Crippen molar-refractivity contribution in [3.05, 3.63) is 69.7 Å². The summed E-state index contributed by atoms with van der Waals surface area (Å²) < 4.78 is 38.7. The fraction of sp³-hybridized carbons (Fsp3) is 0.385. The summed E-state index contributed by atoms with van der Waals surface area (Å²) in [7, 11) is 0. The third-order valence-corrected chi connectivity index (χ3v) is 8.16. The smallest absolute Gasteiger partial charge is 0.416 e. The fourth-order valence-electron chi connectivity index (χ4n) is 3.61. The number of carbonyl (C=O) groups is 1. The Labute approximate surface area is 206 Å². The molecule has 1 N–H and O–H groups in total. The number of thioether (sulfide) groups is 1. The number of aryl methyl sites for hydroxylation is 2. The Morgan fingerprint density at radius 3 is 2.35 bits per heavy atom. The predicted molar refractivity (Wildman–Crippen MR) is 133 cm³/mol. The van der Waals surface area contributed by atoms with E-state index in [1.165, 1.54) is 12.1 Å². The number of nitrogens with zero attached hydrogens (tertiary/aromatic N) is 1. The summed E-state index contributed by atoms with van der Waals surface area (Å²) in [5.74, 6) is 0.461. The number of carboxylic acid groups (broad SMARTS) is 1. The molecule has 0 aliphatic carbocycles. The average molecular weight is 508 g/mol. The minimum Gasteiger partial charge on any atom is -0.481 e. The normalized spacial score (nSPS) is 12.8. The van der Waals surface area contributed by atoms with Gasteiger partial charge >= 0.3 is 12.1 Å². The third kappa shape index (κ3) is 6.63. The van der Waals surface area contributed by atoms with Crippen LogP contribution in [0.4, 0.5) is 13.2 Å². The minimum atomic E-state index is -4.35. The third-order valence-electron chi connectivity index (χ3n) is 5.56. The van der Waals surface area contributed by atoms with E-state index in [0.29, 0.717) is 12.0 Å². The zero-order valence-electron chi connectivity index (χ0n) is 19.6. The predicted octanol–water partition coefficient (Wildman–Crippen LogP) is 8.17. The van der Waals surface area contributed by atoms with Crippen molar-refractivity contribution in [2.75, 3.05) is 5.75 Å². The second-order valence-corrected chi connectivity index (χ2v) is 10.8. The fourth-order valence-corrected chi connectivity index (χ4v) is 6.03. The molecule has 0 saturated heterocycles. The Morgan fingerprint density at radius 1 is 1.12 bits per heavy atom. The molecule has 0 saturated carbocycles. The van der Waals surface area contributed by atoms with Gasteiger partial charge in [0, 0.05) is 33.4 Å². The minimum absolute atomic E-state index is 0.120. The first-order chi connectivity index (χ1) is 16.0. The first-order valence-corrected chi connectivity index (χ1v) is 12.9. The van der Waals surface area contributed by atoms with E-state index in [4.69, 9.17) is 10.1 Å². The molecule has 1 aromatic heterocycles. The molecule has 1 unspecified atom stereocenters. The molecule has 34 heavy (non-hydrogen) atoms. The zero-order chi connectivity index (χ0) is 25.0. The van der Waals surface area contributed by atoms with E-state index >= 15 is 0 Å². The van der Waals surface area contributed by atoms with Crippen molar-refractivity contribution < 1.29 is 23.1 Å². The molecule has 0 spiro atoms. The molecule has 0 amide bonds. The van der Waals surface area contributed by atoms with Gasteiger partial charge in [0.15, 0.2) is 0 Å². The first kappa shape index (κ1) is 26.3. The molecule has 0 fully saturated rings. The number of hydrogen-bond donors (Lipinski definition) is 1. The maximum Gasteiger partial charge on any atom is 0.416 e. The van der Waals surface area contributed by atoms with Gasteiger partial charge in [-0.1, -0.05) is 39.0 Å². The number of halogens is 3. The van der Waals surface area contributed by atoms with Crippen molar-refractivity contribution in [2.24, 2.45) is 0 Å². The van der Waals surface area contributed by atoms with Crippen LogP contribution in [0.1, 0.15) is 66.3 Å². The van der Waals surface area contributed by atoms with Gasteiger partial charge in [-0.15, -0.1) is 23.1 Å². The van der Waals surface area contributed by atoms with E-state index in [0.717, 1.165) is 49.5 Å². The Balaban J connectivity index is 1.74. The lowest BCUT2D eigenvalue weighted by Crippen LogP contribution is -2.03. The van der Waals surface area contributed by atoms with Gasteiger partial charge in [0.05, 0.1) is 11.3 Å². The maximum absolute atomic E-state index is 12.9. The highest BCUT2D eigenvalue weighted by Gasteiger charge is 2.30. The highest BCUT2D eigenvalue weighted by atomic mass is 32.2. The van der Waals surface area contributed by atoms with Crippen molar-refractivity contribution >= 4 is 29.1 Å². The van der Waals surface area contributed by atoms with Crippen LogP contribution in [-0.2, 0) is 17.4 Å². The van der Waals surface area contributed by atoms with Gasteiger partial charge in [0.25, 0.3) is 0 Å². The highest BCUT2D eigenvalue weighted by molar-refractivity contribution is 7.99. The van der Waals surface area contributed by atoms with E-state index in [1.54, 1.807) is 23.1 Å². The summed E-state index contributed by atoms with van der Waals surface area (Å²) in [6.45, 7) is 8.31. The van der Waals surface area contributed by atoms with Gasteiger partial charge in [-0.3, -0.25) is 4.79 Å². The molecule has 3 aromatic rings. The molecule has 0 radical (unpaired) electrons. The van der Waals surface area contributed by atoms with Crippen molar-refractivity contribution in [1.82, 2.24) is 4.98 Å². The number of benzene rings is 2. The quantitative estimate of drug-likeness (QED) is 0.297. The van der Waals surface area contributed by atoms with Gasteiger partial charge in [0.2, 0.25) is 0 Å². The molecule has 0 aliphatic heterocycles. The van der Waals surface area contributed by atoms with Gasteiger partial charge in [-0.2, -0.15) is 13.2 Å². The van der Waals surface area contributed by atoms with Crippen LogP contribution in [-0.4, -0.2) is 21.8 Å². The van der Waals surface area contributed by atoms with Crippen LogP contribution in [0.3, 0.4) is 0 Å². The molecule has 1 heterocycles. The Bertz CT molecular complexity index is 1140. The van der Waals surface area contributed by atoms with Crippen LogP contribution < -0.4 is 0 Å². The second kappa shape index (κ2) is 11.0. The van der Waals surface area contributed by atoms with E-state index in [-0.39, 0.29) is 18.3 Å². The molecule has 3 nitrogen and oxygen atoms in total. The number of hydrogen-bond acceptors (Lipinski definition) is 4. The first-order valence-electron chi connectivity index (χ1n) is 11.1. The van der Waals surface area contributed by atoms with Crippen LogP contribution in [0.25, 0.3) is 10.6 Å². The summed E-state index contributed by atoms with van der Waals surface area (Å²) in [5, 5.41) is 9.64. The summed E-state index contributed by atoms with van der Waals surface area (Å²) >= 11 is 3.29. The number of aliphatic carboxylic acids is 1. The monoisotopic (exact) mass is 507 g/mol. The van der Waals surface area contributed by atoms with Gasteiger partial charge in [-0.25, -0.2) is 4.98 Å². The Morgan fingerprint density at radius 2 is 1.79 bits per heavy atom.